The quantitative estimate of drug-likeness (QED) is 0.670. The molecule has 0 spiro atoms. The second-order valence-corrected chi connectivity index (χ2v) is 11.6. The highest BCUT2D eigenvalue weighted by Gasteiger charge is 2.38. The van der Waals surface area contributed by atoms with Crippen molar-refractivity contribution < 1.29 is 14.0 Å². The Labute approximate surface area is 128 Å². The molecule has 0 bridgehead atoms. The van der Waals surface area contributed by atoms with E-state index in [0.717, 1.165) is 11.3 Å². The summed E-state index contributed by atoms with van der Waals surface area (Å²) >= 11 is 0. The van der Waals surface area contributed by atoms with Crippen molar-refractivity contribution in [3.05, 3.63) is 29.8 Å². The van der Waals surface area contributed by atoms with Crippen LogP contribution in [0.4, 0.5) is 0 Å². The van der Waals surface area contributed by atoms with Gasteiger partial charge >= 0.3 is 5.97 Å². The molecule has 2 N–H and O–H groups in total. The number of esters is 1. The SMILES string of the molecule is COC(=O)C(N)Cc1ccc(O[Si](C)(C)C(C)(C)C)cc1. The zero-order chi connectivity index (χ0) is 16.3. The molecule has 0 aromatic heterocycles. The number of carbonyl (C=O) groups excluding carboxylic acids is 1. The van der Waals surface area contributed by atoms with Crippen LogP contribution in [0.25, 0.3) is 0 Å². The molecule has 0 radical (unpaired) electrons. The number of hydrogen-bond acceptors (Lipinski definition) is 4. The molecule has 0 aliphatic carbocycles. The molecular formula is C16H27NO3Si. The maximum absolute atomic E-state index is 11.3. The number of carbonyl (C=O) groups is 1. The Kier molecular flexibility index (Phi) is 5.59. The summed E-state index contributed by atoms with van der Waals surface area (Å²) in [4.78, 5) is 11.3. The van der Waals surface area contributed by atoms with E-state index in [4.69, 9.17) is 10.2 Å². The van der Waals surface area contributed by atoms with Crippen molar-refractivity contribution in [1.82, 2.24) is 0 Å². The summed E-state index contributed by atoms with van der Waals surface area (Å²) in [6, 6.07) is 7.16. The van der Waals surface area contributed by atoms with Crippen LogP contribution in [0.5, 0.6) is 5.75 Å². The second-order valence-electron chi connectivity index (χ2n) is 6.84. The van der Waals surface area contributed by atoms with Gasteiger partial charge in [-0.3, -0.25) is 4.79 Å². The van der Waals surface area contributed by atoms with Gasteiger partial charge in [-0.1, -0.05) is 32.9 Å². The molecule has 1 rings (SSSR count). The first-order valence-corrected chi connectivity index (χ1v) is 10.1. The maximum atomic E-state index is 11.3. The summed E-state index contributed by atoms with van der Waals surface area (Å²) in [6.45, 7) is 11.1. The molecule has 0 aliphatic rings. The van der Waals surface area contributed by atoms with Crippen LogP contribution >= 0.6 is 0 Å². The largest absolute Gasteiger partial charge is 0.544 e. The molecule has 1 atom stereocenters. The lowest BCUT2D eigenvalue weighted by molar-refractivity contribution is -0.142. The third kappa shape index (κ3) is 4.86. The zero-order valence-electron chi connectivity index (χ0n) is 13.9. The van der Waals surface area contributed by atoms with Crippen molar-refractivity contribution in [3.63, 3.8) is 0 Å². The minimum absolute atomic E-state index is 0.166. The molecule has 5 heteroatoms. The summed E-state index contributed by atoms with van der Waals surface area (Å²) < 4.78 is 10.8. The smallest absolute Gasteiger partial charge is 0.322 e. The van der Waals surface area contributed by atoms with Gasteiger partial charge in [-0.25, -0.2) is 0 Å². The average molecular weight is 309 g/mol. The fraction of sp³-hybridized carbons (Fsp3) is 0.562. The lowest BCUT2D eigenvalue weighted by Gasteiger charge is -2.36. The lowest BCUT2D eigenvalue weighted by Crippen LogP contribution is -2.43. The second kappa shape index (κ2) is 6.62. The van der Waals surface area contributed by atoms with Gasteiger partial charge in [0.2, 0.25) is 8.32 Å². The normalized spacial score (nSPS) is 13.7. The van der Waals surface area contributed by atoms with Gasteiger partial charge < -0.3 is 14.9 Å². The minimum atomic E-state index is -1.82. The Morgan fingerprint density at radius 2 is 1.76 bits per heavy atom. The lowest BCUT2D eigenvalue weighted by atomic mass is 10.1. The van der Waals surface area contributed by atoms with E-state index in [1.807, 2.05) is 24.3 Å². The minimum Gasteiger partial charge on any atom is -0.544 e. The van der Waals surface area contributed by atoms with E-state index in [2.05, 4.69) is 38.6 Å². The first kappa shape index (κ1) is 17.7. The molecule has 1 aromatic rings. The van der Waals surface area contributed by atoms with Crippen molar-refractivity contribution in [3.8, 4) is 5.75 Å². The summed E-state index contributed by atoms with van der Waals surface area (Å²) in [5.74, 6) is 0.480. The van der Waals surface area contributed by atoms with Gasteiger partial charge in [0.25, 0.3) is 0 Å². The Hall–Kier alpha value is -1.33. The Morgan fingerprint density at radius 3 is 2.19 bits per heavy atom. The number of hydrogen-bond donors (Lipinski definition) is 1. The van der Waals surface area contributed by atoms with Crippen LogP contribution < -0.4 is 10.2 Å². The van der Waals surface area contributed by atoms with E-state index in [-0.39, 0.29) is 5.04 Å². The molecule has 118 valence electrons. The molecule has 0 heterocycles. The predicted molar refractivity (Wildman–Crippen MR) is 88.0 cm³/mol. The summed E-state index contributed by atoms with van der Waals surface area (Å²) in [6.07, 6.45) is 0.465. The molecule has 0 aliphatic heterocycles. The van der Waals surface area contributed by atoms with Crippen LogP contribution in [0, 0.1) is 0 Å². The van der Waals surface area contributed by atoms with E-state index in [9.17, 15) is 4.79 Å². The molecule has 21 heavy (non-hydrogen) atoms. The van der Waals surface area contributed by atoms with E-state index < -0.39 is 20.3 Å². The van der Waals surface area contributed by atoms with Crippen molar-refractivity contribution in [2.24, 2.45) is 5.73 Å². The highest BCUT2D eigenvalue weighted by Crippen LogP contribution is 2.37. The van der Waals surface area contributed by atoms with Crippen LogP contribution in [-0.4, -0.2) is 27.4 Å². The molecular weight excluding hydrogens is 282 g/mol. The number of ether oxygens (including phenoxy) is 1. The van der Waals surface area contributed by atoms with Crippen LogP contribution in [0.2, 0.25) is 18.1 Å². The van der Waals surface area contributed by atoms with Crippen LogP contribution in [-0.2, 0) is 16.0 Å². The molecule has 0 saturated carbocycles. The number of methoxy groups -OCH3 is 1. The Balaban J connectivity index is 2.73. The van der Waals surface area contributed by atoms with Crippen molar-refractivity contribution in [1.29, 1.82) is 0 Å². The zero-order valence-corrected chi connectivity index (χ0v) is 14.9. The fourth-order valence-electron chi connectivity index (χ4n) is 1.63. The number of rotatable bonds is 5. The van der Waals surface area contributed by atoms with E-state index in [1.165, 1.54) is 7.11 Å². The summed E-state index contributed by atoms with van der Waals surface area (Å²) in [5.41, 5.74) is 6.75. The molecule has 0 saturated heterocycles. The van der Waals surface area contributed by atoms with E-state index >= 15 is 0 Å². The van der Waals surface area contributed by atoms with Crippen molar-refractivity contribution >= 4 is 14.3 Å². The van der Waals surface area contributed by atoms with Crippen molar-refractivity contribution in [2.75, 3.05) is 7.11 Å². The average Bonchev–Trinajstić information content (AvgIpc) is 2.38. The molecule has 4 nitrogen and oxygen atoms in total. The van der Waals surface area contributed by atoms with Gasteiger partial charge in [-0.15, -0.1) is 0 Å². The topological polar surface area (TPSA) is 61.5 Å². The molecule has 0 amide bonds. The van der Waals surface area contributed by atoms with Crippen LogP contribution in [0.15, 0.2) is 24.3 Å². The number of benzene rings is 1. The first-order chi connectivity index (χ1) is 9.56. The monoisotopic (exact) mass is 309 g/mol. The highest BCUT2D eigenvalue weighted by molar-refractivity contribution is 6.74. The maximum Gasteiger partial charge on any atom is 0.322 e. The van der Waals surface area contributed by atoms with Gasteiger partial charge in [-0.05, 0) is 42.2 Å². The van der Waals surface area contributed by atoms with Gasteiger partial charge in [0.15, 0.2) is 0 Å². The van der Waals surface area contributed by atoms with Crippen molar-refractivity contribution in [2.45, 2.75) is 51.4 Å². The third-order valence-corrected chi connectivity index (χ3v) is 8.42. The fourth-order valence-corrected chi connectivity index (χ4v) is 2.66. The summed E-state index contributed by atoms with van der Waals surface area (Å²) in [5, 5.41) is 0.166. The van der Waals surface area contributed by atoms with Gasteiger partial charge in [0, 0.05) is 0 Å². The molecule has 1 unspecified atom stereocenters. The Bertz CT molecular complexity index is 477. The van der Waals surface area contributed by atoms with Gasteiger partial charge in [0.1, 0.15) is 11.8 Å². The van der Waals surface area contributed by atoms with Crippen LogP contribution in [0.3, 0.4) is 0 Å². The number of nitrogens with two attached hydrogens (primary N) is 1. The molecule has 1 aromatic carbocycles. The van der Waals surface area contributed by atoms with E-state index in [0.29, 0.717) is 6.42 Å². The summed E-state index contributed by atoms with van der Waals surface area (Å²) in [7, 11) is -0.472. The van der Waals surface area contributed by atoms with Gasteiger partial charge in [0.05, 0.1) is 7.11 Å². The van der Waals surface area contributed by atoms with Gasteiger partial charge in [-0.2, -0.15) is 0 Å². The highest BCUT2D eigenvalue weighted by atomic mass is 28.4. The molecule has 0 fully saturated rings. The first-order valence-electron chi connectivity index (χ1n) is 7.18. The third-order valence-electron chi connectivity index (χ3n) is 4.06. The Morgan fingerprint density at radius 1 is 1.24 bits per heavy atom. The predicted octanol–water partition coefficient (Wildman–Crippen LogP) is 3.11. The van der Waals surface area contributed by atoms with E-state index in [1.54, 1.807) is 0 Å². The van der Waals surface area contributed by atoms with Crippen LogP contribution in [0.1, 0.15) is 26.3 Å². The standard InChI is InChI=1S/C16H27NO3Si/c1-16(2,3)21(5,6)20-13-9-7-12(8-10-13)11-14(17)15(18)19-4/h7-10,14H,11,17H2,1-6H3.